The molecular formula is C18H22ClN2O4+. The second kappa shape index (κ2) is 7.14. The van der Waals surface area contributed by atoms with Gasteiger partial charge in [0.25, 0.3) is 5.91 Å². The summed E-state index contributed by atoms with van der Waals surface area (Å²) in [6, 6.07) is 4.83. The number of aryl methyl sites for hydroxylation is 1. The molecule has 3 rings (SSSR count). The van der Waals surface area contributed by atoms with E-state index in [1.807, 2.05) is 6.92 Å². The van der Waals surface area contributed by atoms with Crippen LogP contribution in [0.4, 0.5) is 5.69 Å². The standard InChI is InChI=1S/C18H21ClN2O4/c1-11-3-4-13(9-14(11)19)21-16(22)10-15(17(21)23)20-7-5-12(6-8-20)18(24)25-2/h3-4,9,12,15H,5-8,10H2,1-2H3/p+1/t15-/m1/s1. The highest BCUT2D eigenvalue weighted by Crippen LogP contribution is 2.27. The molecule has 25 heavy (non-hydrogen) atoms. The average Bonchev–Trinajstić information content (AvgIpc) is 2.91. The first-order valence-corrected chi connectivity index (χ1v) is 8.85. The minimum Gasteiger partial charge on any atom is -0.469 e. The second-order valence-corrected chi connectivity index (χ2v) is 7.12. The number of quaternary nitrogens is 1. The molecular weight excluding hydrogens is 344 g/mol. The number of piperidine rings is 1. The summed E-state index contributed by atoms with van der Waals surface area (Å²) in [5.41, 5.74) is 1.42. The Morgan fingerprint density at radius 2 is 1.96 bits per heavy atom. The number of carbonyl (C=O) groups is 3. The van der Waals surface area contributed by atoms with Gasteiger partial charge in [0.05, 0.1) is 38.2 Å². The van der Waals surface area contributed by atoms with Crippen LogP contribution in [0.3, 0.4) is 0 Å². The van der Waals surface area contributed by atoms with Crippen LogP contribution in [0, 0.1) is 12.8 Å². The number of esters is 1. The molecule has 0 bridgehead atoms. The summed E-state index contributed by atoms with van der Waals surface area (Å²) in [4.78, 5) is 39.2. The molecule has 0 aromatic heterocycles. The van der Waals surface area contributed by atoms with E-state index in [2.05, 4.69) is 0 Å². The minimum atomic E-state index is -0.383. The number of imide groups is 1. The first kappa shape index (κ1) is 17.9. The van der Waals surface area contributed by atoms with E-state index in [1.165, 1.54) is 12.0 Å². The number of rotatable bonds is 3. The summed E-state index contributed by atoms with van der Waals surface area (Å²) in [7, 11) is 1.39. The second-order valence-electron chi connectivity index (χ2n) is 6.71. The lowest BCUT2D eigenvalue weighted by atomic mass is 9.95. The van der Waals surface area contributed by atoms with E-state index in [9.17, 15) is 14.4 Å². The highest BCUT2D eigenvalue weighted by Gasteiger charge is 2.47. The maximum absolute atomic E-state index is 12.8. The minimum absolute atomic E-state index is 0.104. The van der Waals surface area contributed by atoms with Crippen molar-refractivity contribution < 1.29 is 24.0 Å². The van der Waals surface area contributed by atoms with Gasteiger partial charge in [0, 0.05) is 17.9 Å². The van der Waals surface area contributed by atoms with Crippen molar-refractivity contribution in [1.29, 1.82) is 0 Å². The molecule has 0 aliphatic carbocycles. The molecule has 2 aliphatic heterocycles. The van der Waals surface area contributed by atoms with Crippen LogP contribution in [0.1, 0.15) is 24.8 Å². The van der Waals surface area contributed by atoms with Crippen LogP contribution in [-0.2, 0) is 19.1 Å². The number of amides is 2. The summed E-state index contributed by atoms with van der Waals surface area (Å²) >= 11 is 6.13. The van der Waals surface area contributed by atoms with Crippen LogP contribution < -0.4 is 9.80 Å². The SMILES string of the molecule is COC(=O)C1CC[NH+]([C@@H]2CC(=O)N(c3ccc(C)c(Cl)c3)C2=O)CC1. The fourth-order valence-electron chi connectivity index (χ4n) is 3.68. The van der Waals surface area contributed by atoms with Crippen molar-refractivity contribution in [2.45, 2.75) is 32.2 Å². The average molecular weight is 366 g/mol. The normalized spacial score (nSPS) is 26.8. The number of hydrogen-bond donors (Lipinski definition) is 1. The fraction of sp³-hybridized carbons (Fsp3) is 0.500. The quantitative estimate of drug-likeness (QED) is 0.634. The molecule has 2 saturated heterocycles. The largest absolute Gasteiger partial charge is 0.469 e. The Labute approximate surface area is 151 Å². The van der Waals surface area contributed by atoms with Gasteiger partial charge in [0.1, 0.15) is 0 Å². The number of ether oxygens (including phenoxy) is 1. The molecule has 0 unspecified atom stereocenters. The van der Waals surface area contributed by atoms with E-state index in [1.54, 1.807) is 18.2 Å². The highest BCUT2D eigenvalue weighted by molar-refractivity contribution is 6.32. The third kappa shape index (κ3) is 3.41. The van der Waals surface area contributed by atoms with Crippen molar-refractivity contribution in [3.05, 3.63) is 28.8 Å². The molecule has 2 heterocycles. The predicted octanol–water partition coefficient (Wildman–Crippen LogP) is 0.748. The van der Waals surface area contributed by atoms with Crippen molar-refractivity contribution in [3.8, 4) is 0 Å². The lowest BCUT2D eigenvalue weighted by Crippen LogP contribution is -3.17. The number of halogens is 1. The van der Waals surface area contributed by atoms with Gasteiger partial charge in [0.15, 0.2) is 6.04 Å². The zero-order valence-electron chi connectivity index (χ0n) is 14.4. The van der Waals surface area contributed by atoms with E-state index in [-0.39, 0.29) is 36.2 Å². The van der Waals surface area contributed by atoms with Gasteiger partial charge in [-0.1, -0.05) is 17.7 Å². The molecule has 0 saturated carbocycles. The Morgan fingerprint density at radius 1 is 1.28 bits per heavy atom. The monoisotopic (exact) mass is 365 g/mol. The van der Waals surface area contributed by atoms with Crippen molar-refractivity contribution in [1.82, 2.24) is 0 Å². The van der Waals surface area contributed by atoms with Gasteiger partial charge in [-0.3, -0.25) is 14.4 Å². The number of likely N-dealkylation sites (tertiary alicyclic amines) is 1. The first-order chi connectivity index (χ1) is 11.9. The van der Waals surface area contributed by atoms with Crippen molar-refractivity contribution in [2.75, 3.05) is 25.1 Å². The van der Waals surface area contributed by atoms with Crippen molar-refractivity contribution in [3.63, 3.8) is 0 Å². The Bertz CT molecular complexity index is 713. The number of nitrogens with one attached hydrogen (secondary N) is 1. The molecule has 6 nitrogen and oxygen atoms in total. The van der Waals surface area contributed by atoms with Gasteiger partial charge in [-0.25, -0.2) is 4.90 Å². The number of hydrogen-bond acceptors (Lipinski definition) is 4. The molecule has 2 aliphatic rings. The van der Waals surface area contributed by atoms with E-state index < -0.39 is 0 Å². The lowest BCUT2D eigenvalue weighted by molar-refractivity contribution is -0.920. The summed E-state index contributed by atoms with van der Waals surface area (Å²) in [5.74, 6) is -0.675. The van der Waals surface area contributed by atoms with Crippen LogP contribution in [-0.4, -0.2) is 44.0 Å². The maximum atomic E-state index is 12.8. The fourth-order valence-corrected chi connectivity index (χ4v) is 3.86. The number of benzene rings is 1. The summed E-state index contributed by atoms with van der Waals surface area (Å²) in [6.07, 6.45) is 1.55. The van der Waals surface area contributed by atoms with Crippen LogP contribution in [0.25, 0.3) is 0 Å². The molecule has 2 fully saturated rings. The third-order valence-electron chi connectivity index (χ3n) is 5.22. The number of anilines is 1. The summed E-state index contributed by atoms with van der Waals surface area (Å²) in [6.45, 7) is 3.25. The number of methoxy groups -OCH3 is 1. The van der Waals surface area contributed by atoms with E-state index in [0.717, 1.165) is 10.5 Å². The first-order valence-electron chi connectivity index (χ1n) is 8.47. The van der Waals surface area contributed by atoms with Crippen LogP contribution >= 0.6 is 11.6 Å². The van der Waals surface area contributed by atoms with Crippen LogP contribution in [0.2, 0.25) is 5.02 Å². The predicted molar refractivity (Wildman–Crippen MR) is 92.5 cm³/mol. The maximum Gasteiger partial charge on any atom is 0.309 e. The van der Waals surface area contributed by atoms with Crippen LogP contribution in [0.15, 0.2) is 18.2 Å². The van der Waals surface area contributed by atoms with Crippen molar-refractivity contribution in [2.24, 2.45) is 5.92 Å². The Kier molecular flexibility index (Phi) is 5.11. The van der Waals surface area contributed by atoms with Gasteiger partial charge < -0.3 is 9.64 Å². The Hall–Kier alpha value is -1.92. The topological polar surface area (TPSA) is 68.1 Å². The third-order valence-corrected chi connectivity index (χ3v) is 5.62. The lowest BCUT2D eigenvalue weighted by Gasteiger charge is -2.30. The van der Waals surface area contributed by atoms with Gasteiger partial charge in [-0.15, -0.1) is 0 Å². The molecule has 134 valence electrons. The summed E-state index contributed by atoms with van der Waals surface area (Å²) < 4.78 is 4.79. The smallest absolute Gasteiger partial charge is 0.309 e. The van der Waals surface area contributed by atoms with E-state index >= 15 is 0 Å². The molecule has 2 amide bonds. The molecule has 1 N–H and O–H groups in total. The van der Waals surface area contributed by atoms with Gasteiger partial charge in [-0.2, -0.15) is 0 Å². The van der Waals surface area contributed by atoms with Crippen molar-refractivity contribution >= 4 is 35.1 Å². The number of nitrogens with zero attached hydrogens (tertiary/aromatic N) is 1. The van der Waals surface area contributed by atoms with Gasteiger partial charge >= 0.3 is 5.97 Å². The molecule has 1 atom stereocenters. The van der Waals surface area contributed by atoms with E-state index in [4.69, 9.17) is 16.3 Å². The van der Waals surface area contributed by atoms with Gasteiger partial charge in [0.2, 0.25) is 5.91 Å². The van der Waals surface area contributed by atoms with Crippen LogP contribution in [0.5, 0.6) is 0 Å². The molecule has 0 radical (unpaired) electrons. The molecule has 1 aromatic carbocycles. The summed E-state index contributed by atoms with van der Waals surface area (Å²) in [5, 5.41) is 0.535. The molecule has 7 heteroatoms. The van der Waals surface area contributed by atoms with Gasteiger partial charge in [-0.05, 0) is 24.6 Å². The zero-order valence-corrected chi connectivity index (χ0v) is 15.1. The highest BCUT2D eigenvalue weighted by atomic mass is 35.5. The zero-order chi connectivity index (χ0) is 18.1. The Morgan fingerprint density at radius 3 is 2.56 bits per heavy atom. The number of carbonyl (C=O) groups excluding carboxylic acids is 3. The Balaban J connectivity index is 1.71. The molecule has 1 aromatic rings. The molecule has 0 spiro atoms. The van der Waals surface area contributed by atoms with E-state index in [0.29, 0.717) is 36.6 Å².